The highest BCUT2D eigenvalue weighted by Crippen LogP contribution is 2.09. The fourth-order valence-electron chi connectivity index (χ4n) is 1.11. The first kappa shape index (κ1) is 10.8. The summed E-state index contributed by atoms with van der Waals surface area (Å²) in [5.74, 6) is -0.112. The summed E-state index contributed by atoms with van der Waals surface area (Å²) in [7, 11) is 0. The maximum absolute atomic E-state index is 11.7. The second-order valence-corrected chi connectivity index (χ2v) is 3.56. The van der Waals surface area contributed by atoms with Crippen LogP contribution in [0.1, 0.15) is 34.1 Å². The molecule has 0 aliphatic heterocycles. The van der Waals surface area contributed by atoms with Crippen molar-refractivity contribution in [1.29, 1.82) is 0 Å². The fraction of sp³-hybridized carbons (Fsp3) is 0.444. The van der Waals surface area contributed by atoms with Gasteiger partial charge in [-0.05, 0) is 13.8 Å². The van der Waals surface area contributed by atoms with Gasteiger partial charge in [0.25, 0.3) is 5.91 Å². The maximum atomic E-state index is 11.7. The molecule has 1 rings (SSSR count). The van der Waals surface area contributed by atoms with Gasteiger partial charge in [-0.1, -0.05) is 0 Å². The van der Waals surface area contributed by atoms with Crippen molar-refractivity contribution in [1.82, 2.24) is 9.88 Å². The Balaban J connectivity index is 2.82. The van der Waals surface area contributed by atoms with Gasteiger partial charge in [0.2, 0.25) is 0 Å². The van der Waals surface area contributed by atoms with Crippen molar-refractivity contribution in [2.45, 2.75) is 13.8 Å². The predicted octanol–water partition coefficient (Wildman–Crippen LogP) is 1.44. The quantitative estimate of drug-likeness (QED) is 0.709. The summed E-state index contributed by atoms with van der Waals surface area (Å²) < 4.78 is 0. The Kier molecular flexibility index (Phi) is 3.76. The highest BCUT2D eigenvalue weighted by Gasteiger charge is 2.15. The number of thiazole rings is 1. The van der Waals surface area contributed by atoms with Crippen LogP contribution in [0.25, 0.3) is 0 Å². The Morgan fingerprint density at radius 3 is 2.64 bits per heavy atom. The number of rotatable bonds is 4. The van der Waals surface area contributed by atoms with Crippen LogP contribution in [0, 0.1) is 0 Å². The number of carbonyl (C=O) groups excluding carboxylic acids is 2. The molecule has 0 radical (unpaired) electrons. The summed E-state index contributed by atoms with van der Waals surface area (Å²) in [5.41, 5.74) is 0.362. The Bertz CT molecular complexity index is 331. The van der Waals surface area contributed by atoms with Crippen molar-refractivity contribution < 1.29 is 9.59 Å². The molecule has 1 aromatic rings. The number of aldehydes is 1. The van der Waals surface area contributed by atoms with Crippen LogP contribution in [0.5, 0.6) is 0 Å². The number of aromatic nitrogens is 1. The molecule has 0 fully saturated rings. The molecule has 0 aliphatic rings. The van der Waals surface area contributed by atoms with Crippen molar-refractivity contribution in [3.8, 4) is 0 Å². The van der Waals surface area contributed by atoms with E-state index in [1.54, 1.807) is 10.3 Å². The lowest BCUT2D eigenvalue weighted by Gasteiger charge is -2.16. The molecule has 0 aliphatic carbocycles. The van der Waals surface area contributed by atoms with Gasteiger partial charge in [-0.3, -0.25) is 9.59 Å². The van der Waals surface area contributed by atoms with Gasteiger partial charge in [0.1, 0.15) is 5.69 Å². The number of amides is 1. The van der Waals surface area contributed by atoms with Gasteiger partial charge >= 0.3 is 0 Å². The fourth-order valence-corrected chi connectivity index (χ4v) is 1.71. The topological polar surface area (TPSA) is 50.3 Å². The van der Waals surface area contributed by atoms with E-state index in [1.807, 2.05) is 13.8 Å². The van der Waals surface area contributed by atoms with Crippen molar-refractivity contribution in [3.63, 3.8) is 0 Å². The molecular weight excluding hydrogens is 200 g/mol. The van der Waals surface area contributed by atoms with Crippen LogP contribution in [0.15, 0.2) is 5.38 Å². The average molecular weight is 212 g/mol. The maximum Gasteiger partial charge on any atom is 0.273 e. The van der Waals surface area contributed by atoms with E-state index >= 15 is 0 Å². The summed E-state index contributed by atoms with van der Waals surface area (Å²) in [6, 6.07) is 0. The minimum Gasteiger partial charge on any atom is -0.338 e. The molecule has 0 saturated carbocycles. The molecule has 76 valence electrons. The molecule has 0 atom stereocenters. The predicted molar refractivity (Wildman–Crippen MR) is 54.8 cm³/mol. The third-order valence-corrected chi connectivity index (χ3v) is 2.66. The van der Waals surface area contributed by atoms with Crippen LogP contribution in [0.2, 0.25) is 0 Å². The monoisotopic (exact) mass is 212 g/mol. The lowest BCUT2D eigenvalue weighted by Crippen LogP contribution is -2.30. The molecule has 1 aromatic heterocycles. The molecule has 0 unspecified atom stereocenters. The lowest BCUT2D eigenvalue weighted by atomic mass is 10.4. The number of nitrogens with zero attached hydrogens (tertiary/aromatic N) is 2. The number of carbonyl (C=O) groups is 2. The summed E-state index contributed by atoms with van der Waals surface area (Å²) in [4.78, 5) is 27.6. The van der Waals surface area contributed by atoms with Crippen LogP contribution < -0.4 is 0 Å². The molecule has 4 nitrogen and oxygen atoms in total. The molecule has 0 spiro atoms. The van der Waals surface area contributed by atoms with Crippen molar-refractivity contribution in [2.75, 3.05) is 13.1 Å². The van der Waals surface area contributed by atoms with E-state index < -0.39 is 0 Å². The molecule has 5 heteroatoms. The van der Waals surface area contributed by atoms with Crippen LogP contribution >= 0.6 is 11.3 Å². The number of hydrogen-bond donors (Lipinski definition) is 0. The zero-order chi connectivity index (χ0) is 10.6. The largest absolute Gasteiger partial charge is 0.338 e. The minimum atomic E-state index is -0.112. The molecule has 0 saturated heterocycles. The van der Waals surface area contributed by atoms with Gasteiger partial charge in [0, 0.05) is 18.5 Å². The lowest BCUT2D eigenvalue weighted by molar-refractivity contribution is 0.0768. The van der Waals surface area contributed by atoms with E-state index in [-0.39, 0.29) is 5.91 Å². The highest BCUT2D eigenvalue weighted by molar-refractivity contribution is 7.11. The van der Waals surface area contributed by atoms with Crippen LogP contribution in [-0.4, -0.2) is 35.2 Å². The van der Waals surface area contributed by atoms with Crippen LogP contribution in [0.3, 0.4) is 0 Å². The Labute approximate surface area is 86.6 Å². The van der Waals surface area contributed by atoms with Gasteiger partial charge in [-0.2, -0.15) is 0 Å². The van der Waals surface area contributed by atoms with Gasteiger partial charge in [0.05, 0.1) is 0 Å². The van der Waals surface area contributed by atoms with Crippen molar-refractivity contribution >= 4 is 23.5 Å². The minimum absolute atomic E-state index is 0.112. The Morgan fingerprint density at radius 2 is 2.21 bits per heavy atom. The highest BCUT2D eigenvalue weighted by atomic mass is 32.1. The van der Waals surface area contributed by atoms with Crippen molar-refractivity contribution in [3.05, 3.63) is 16.1 Å². The summed E-state index contributed by atoms with van der Waals surface area (Å²) in [6.45, 7) is 5.13. The molecule has 1 heterocycles. The van der Waals surface area contributed by atoms with E-state index in [0.717, 1.165) is 0 Å². The first-order chi connectivity index (χ1) is 6.72. The number of hydrogen-bond acceptors (Lipinski definition) is 4. The second-order valence-electron chi connectivity index (χ2n) is 2.67. The molecule has 1 amide bonds. The molecule has 0 bridgehead atoms. The molecular formula is C9H12N2O2S. The van der Waals surface area contributed by atoms with E-state index in [4.69, 9.17) is 0 Å². The van der Waals surface area contributed by atoms with Gasteiger partial charge in [-0.25, -0.2) is 4.98 Å². The van der Waals surface area contributed by atoms with Crippen molar-refractivity contribution in [2.24, 2.45) is 0 Å². The van der Waals surface area contributed by atoms with E-state index in [1.165, 1.54) is 11.3 Å². The SMILES string of the molecule is CCN(CC)C(=O)c1csc(C=O)n1. The van der Waals surface area contributed by atoms with E-state index in [2.05, 4.69) is 4.98 Å². The van der Waals surface area contributed by atoms with Gasteiger partial charge < -0.3 is 4.90 Å². The summed E-state index contributed by atoms with van der Waals surface area (Å²) in [5, 5.41) is 1.96. The Hall–Kier alpha value is -1.23. The van der Waals surface area contributed by atoms with Crippen LogP contribution in [0.4, 0.5) is 0 Å². The first-order valence-electron chi connectivity index (χ1n) is 4.42. The molecule has 0 aromatic carbocycles. The van der Waals surface area contributed by atoms with E-state index in [0.29, 0.717) is 30.1 Å². The summed E-state index contributed by atoms with van der Waals surface area (Å²) in [6.07, 6.45) is 0.656. The average Bonchev–Trinajstić information content (AvgIpc) is 2.67. The first-order valence-corrected chi connectivity index (χ1v) is 5.30. The van der Waals surface area contributed by atoms with Crippen LogP contribution in [-0.2, 0) is 0 Å². The standard InChI is InChI=1S/C9H12N2O2S/c1-3-11(4-2)9(13)7-6-14-8(5-12)10-7/h5-6H,3-4H2,1-2H3. The molecule has 0 N–H and O–H groups in total. The molecule has 14 heavy (non-hydrogen) atoms. The van der Waals surface area contributed by atoms with Gasteiger partial charge in [-0.15, -0.1) is 11.3 Å². The Morgan fingerprint density at radius 1 is 1.57 bits per heavy atom. The zero-order valence-electron chi connectivity index (χ0n) is 8.19. The third kappa shape index (κ3) is 2.17. The summed E-state index contributed by atoms with van der Waals surface area (Å²) >= 11 is 1.19. The normalized spacial score (nSPS) is 9.86. The zero-order valence-corrected chi connectivity index (χ0v) is 9.00. The van der Waals surface area contributed by atoms with E-state index in [9.17, 15) is 9.59 Å². The smallest absolute Gasteiger partial charge is 0.273 e. The second kappa shape index (κ2) is 4.85. The third-order valence-electron chi connectivity index (χ3n) is 1.89. The van der Waals surface area contributed by atoms with Gasteiger partial charge in [0.15, 0.2) is 11.3 Å².